The number of ketones is 2. The van der Waals surface area contributed by atoms with E-state index < -0.39 is 17.0 Å². The number of carbonyl (C=O) groups is 3. The highest BCUT2D eigenvalue weighted by Crippen LogP contribution is 2.65. The van der Waals surface area contributed by atoms with Gasteiger partial charge in [-0.25, -0.2) is 0 Å². The number of allylic oxidation sites excluding steroid dienone is 4. The third-order valence-electron chi connectivity index (χ3n) is 8.33. The van der Waals surface area contributed by atoms with Crippen molar-refractivity contribution in [3.05, 3.63) is 23.3 Å². The molecule has 0 radical (unpaired) electrons. The van der Waals surface area contributed by atoms with Crippen LogP contribution in [-0.2, 0) is 19.1 Å². The predicted molar refractivity (Wildman–Crippen MR) is 103 cm³/mol. The van der Waals surface area contributed by atoms with E-state index in [4.69, 9.17) is 4.74 Å². The van der Waals surface area contributed by atoms with Gasteiger partial charge < -0.3 is 9.84 Å². The topological polar surface area (TPSA) is 80.7 Å². The lowest BCUT2D eigenvalue weighted by atomic mass is 9.51. The molecule has 152 valence electrons. The molecular formula is C23H30O5. The van der Waals surface area contributed by atoms with Crippen LogP contribution in [0.3, 0.4) is 0 Å². The molecule has 2 saturated carbocycles. The van der Waals surface area contributed by atoms with Crippen molar-refractivity contribution in [2.45, 2.75) is 71.3 Å². The molecule has 4 aliphatic carbocycles. The summed E-state index contributed by atoms with van der Waals surface area (Å²) in [5.41, 5.74) is 0.610. The van der Waals surface area contributed by atoms with Gasteiger partial charge in [0.1, 0.15) is 11.4 Å². The monoisotopic (exact) mass is 386 g/mol. The number of fused-ring (bicyclic) bond motifs is 5. The number of ether oxygens (including phenoxy) is 1. The molecule has 0 bridgehead atoms. The number of esters is 1. The van der Waals surface area contributed by atoms with Crippen LogP contribution in [0.15, 0.2) is 23.3 Å². The van der Waals surface area contributed by atoms with Gasteiger partial charge in [0.15, 0.2) is 6.61 Å². The maximum absolute atomic E-state index is 12.8. The molecule has 0 aromatic carbocycles. The second-order valence-electron chi connectivity index (χ2n) is 9.61. The van der Waals surface area contributed by atoms with E-state index in [-0.39, 0.29) is 23.7 Å². The summed E-state index contributed by atoms with van der Waals surface area (Å²) in [5.74, 6) is -0.0460. The highest BCUT2D eigenvalue weighted by Gasteiger charge is 2.64. The molecular weight excluding hydrogens is 356 g/mol. The van der Waals surface area contributed by atoms with E-state index in [1.807, 2.05) is 6.92 Å². The molecule has 1 N–H and O–H groups in total. The molecule has 4 aliphatic rings. The summed E-state index contributed by atoms with van der Waals surface area (Å²) < 4.78 is 4.90. The Labute approximate surface area is 166 Å². The Morgan fingerprint density at radius 3 is 2.71 bits per heavy atom. The van der Waals surface area contributed by atoms with Crippen LogP contribution >= 0.6 is 0 Å². The molecule has 0 amide bonds. The van der Waals surface area contributed by atoms with Crippen LogP contribution in [0.5, 0.6) is 0 Å². The minimum absolute atomic E-state index is 0.0549. The molecule has 0 saturated heterocycles. The number of hydrogen-bond acceptors (Lipinski definition) is 5. The van der Waals surface area contributed by atoms with E-state index in [9.17, 15) is 19.5 Å². The van der Waals surface area contributed by atoms with Gasteiger partial charge in [-0.15, -0.1) is 0 Å². The lowest BCUT2D eigenvalue weighted by Crippen LogP contribution is -2.55. The summed E-state index contributed by atoms with van der Waals surface area (Å²) in [6.45, 7) is 5.20. The zero-order chi connectivity index (χ0) is 20.3. The zero-order valence-electron chi connectivity index (χ0n) is 17.0. The summed E-state index contributed by atoms with van der Waals surface area (Å²) in [6.07, 6.45) is 9.27. The minimum atomic E-state index is -1.46. The van der Waals surface area contributed by atoms with Crippen molar-refractivity contribution in [1.29, 1.82) is 0 Å². The second-order valence-corrected chi connectivity index (χ2v) is 9.61. The number of hydrogen-bond donors (Lipinski definition) is 1. The molecule has 0 aromatic rings. The highest BCUT2D eigenvalue weighted by molar-refractivity contribution is 5.91. The summed E-state index contributed by atoms with van der Waals surface area (Å²) in [7, 11) is 0. The number of aliphatic hydroxyl groups is 1. The summed E-state index contributed by atoms with van der Waals surface area (Å²) >= 11 is 0. The third-order valence-corrected chi connectivity index (χ3v) is 8.33. The van der Waals surface area contributed by atoms with Gasteiger partial charge in [-0.1, -0.05) is 37.1 Å². The number of carbonyl (C=O) groups excluding carboxylic acids is 3. The Hall–Kier alpha value is -1.75. The van der Waals surface area contributed by atoms with Crippen LogP contribution in [-0.4, -0.2) is 34.9 Å². The Kier molecular flexibility index (Phi) is 4.46. The first-order chi connectivity index (χ1) is 13.1. The van der Waals surface area contributed by atoms with Crippen LogP contribution in [0, 0.1) is 22.7 Å². The molecule has 0 unspecified atom stereocenters. The van der Waals surface area contributed by atoms with Gasteiger partial charge in [0.25, 0.3) is 0 Å². The summed E-state index contributed by atoms with van der Waals surface area (Å²) in [4.78, 5) is 35.9. The second kappa shape index (κ2) is 6.38. The van der Waals surface area contributed by atoms with E-state index in [2.05, 4.69) is 19.1 Å². The van der Waals surface area contributed by atoms with Crippen LogP contribution in [0.1, 0.15) is 65.7 Å². The SMILES string of the molecule is CC(=O)OCC(=O)[C@@]1(O)CC[C@H]2[C@@H]3CC=C4CC(=O)CC[C@]4(C)C3=CC[C@@]21C. The fourth-order valence-corrected chi connectivity index (χ4v) is 6.54. The molecule has 0 aromatic heterocycles. The Balaban J connectivity index is 1.65. The first-order valence-electron chi connectivity index (χ1n) is 10.4. The Morgan fingerprint density at radius 1 is 1.25 bits per heavy atom. The van der Waals surface area contributed by atoms with Crippen molar-refractivity contribution in [1.82, 2.24) is 0 Å². The van der Waals surface area contributed by atoms with Gasteiger partial charge in [-0.3, -0.25) is 14.4 Å². The van der Waals surface area contributed by atoms with E-state index in [1.54, 1.807) is 0 Å². The van der Waals surface area contributed by atoms with Gasteiger partial charge in [0.05, 0.1) is 0 Å². The largest absolute Gasteiger partial charge is 0.458 e. The van der Waals surface area contributed by atoms with Crippen molar-refractivity contribution in [2.24, 2.45) is 22.7 Å². The van der Waals surface area contributed by atoms with E-state index in [0.29, 0.717) is 37.4 Å². The van der Waals surface area contributed by atoms with Gasteiger partial charge >= 0.3 is 5.97 Å². The van der Waals surface area contributed by atoms with E-state index >= 15 is 0 Å². The maximum atomic E-state index is 12.8. The summed E-state index contributed by atoms with van der Waals surface area (Å²) in [6, 6.07) is 0. The predicted octanol–water partition coefficient (Wildman–Crippen LogP) is 3.30. The fourth-order valence-electron chi connectivity index (χ4n) is 6.54. The molecule has 0 spiro atoms. The van der Waals surface area contributed by atoms with Crippen molar-refractivity contribution in [2.75, 3.05) is 6.61 Å². The van der Waals surface area contributed by atoms with Crippen LogP contribution < -0.4 is 0 Å². The molecule has 28 heavy (non-hydrogen) atoms. The van der Waals surface area contributed by atoms with Gasteiger partial charge in [0, 0.05) is 30.6 Å². The van der Waals surface area contributed by atoms with E-state index in [1.165, 1.54) is 18.1 Å². The molecule has 0 aliphatic heterocycles. The molecule has 0 heterocycles. The first-order valence-corrected chi connectivity index (χ1v) is 10.4. The lowest BCUT2D eigenvalue weighted by molar-refractivity contribution is -0.162. The van der Waals surface area contributed by atoms with Gasteiger partial charge in [-0.05, 0) is 43.9 Å². The molecule has 5 heteroatoms. The van der Waals surface area contributed by atoms with Gasteiger partial charge in [-0.2, -0.15) is 0 Å². The quantitative estimate of drug-likeness (QED) is 0.595. The zero-order valence-corrected chi connectivity index (χ0v) is 17.0. The highest BCUT2D eigenvalue weighted by atomic mass is 16.5. The molecule has 2 fully saturated rings. The van der Waals surface area contributed by atoms with Gasteiger partial charge in [0.2, 0.25) is 5.78 Å². The first kappa shape index (κ1) is 19.6. The van der Waals surface area contributed by atoms with Crippen LogP contribution in [0.2, 0.25) is 0 Å². The van der Waals surface area contributed by atoms with Crippen molar-refractivity contribution < 1.29 is 24.2 Å². The standard InChI is InChI=1S/C23H30O5/c1-14(24)28-13-20(26)23(27)11-8-19-17-5-4-15-12-16(25)6-9-21(15,2)18(17)7-10-22(19,23)3/h4,7,17,19,27H,5-6,8-13H2,1-3H3/t17-,19+,21+,22+,23+/m1/s1. The molecule has 4 rings (SSSR count). The normalized spacial score (nSPS) is 41.9. The third kappa shape index (κ3) is 2.58. The number of Topliss-reactive ketones (excluding diaryl/α,β-unsaturated/α-hetero) is 2. The average molecular weight is 386 g/mol. The Bertz CT molecular complexity index is 808. The summed E-state index contributed by atoms with van der Waals surface area (Å²) in [5, 5.41) is 11.4. The molecule has 5 atom stereocenters. The Morgan fingerprint density at radius 2 is 2.00 bits per heavy atom. The van der Waals surface area contributed by atoms with Crippen molar-refractivity contribution in [3.63, 3.8) is 0 Å². The lowest BCUT2D eigenvalue weighted by Gasteiger charge is -2.53. The average Bonchev–Trinajstić information content (AvgIpc) is 2.92. The van der Waals surface area contributed by atoms with Crippen LogP contribution in [0.4, 0.5) is 0 Å². The van der Waals surface area contributed by atoms with E-state index in [0.717, 1.165) is 19.3 Å². The molecule has 5 nitrogen and oxygen atoms in total. The van der Waals surface area contributed by atoms with Crippen molar-refractivity contribution in [3.8, 4) is 0 Å². The van der Waals surface area contributed by atoms with Crippen LogP contribution in [0.25, 0.3) is 0 Å². The van der Waals surface area contributed by atoms with Crippen molar-refractivity contribution >= 4 is 17.5 Å². The minimum Gasteiger partial charge on any atom is -0.458 e. The fraction of sp³-hybridized carbons (Fsp3) is 0.696. The number of rotatable bonds is 3. The smallest absolute Gasteiger partial charge is 0.303 e. The maximum Gasteiger partial charge on any atom is 0.303 e.